The van der Waals surface area contributed by atoms with Gasteiger partial charge in [0.25, 0.3) is 0 Å². The summed E-state index contributed by atoms with van der Waals surface area (Å²) in [5, 5.41) is 0.206. The van der Waals surface area contributed by atoms with Crippen LogP contribution < -0.4 is 0 Å². The Kier molecular flexibility index (Phi) is 15.6. The third-order valence-electron chi connectivity index (χ3n) is 7.26. The molecule has 0 amide bonds. The average molecular weight is 539 g/mol. The Morgan fingerprint density at radius 1 is 0.946 bits per heavy atom. The van der Waals surface area contributed by atoms with Crippen LogP contribution in [0.4, 0.5) is 0 Å². The summed E-state index contributed by atoms with van der Waals surface area (Å²) in [5.74, 6) is 0.970. The van der Waals surface area contributed by atoms with Crippen molar-refractivity contribution in [2.75, 3.05) is 66.7 Å². The molecule has 0 aromatic rings. The Labute approximate surface area is 228 Å². The second-order valence-corrected chi connectivity index (χ2v) is 15.8. The lowest BCUT2D eigenvalue weighted by molar-refractivity contribution is -0.136. The van der Waals surface area contributed by atoms with Gasteiger partial charge in [0.1, 0.15) is 0 Å². The lowest BCUT2D eigenvalue weighted by Crippen LogP contribution is -2.44. The van der Waals surface area contributed by atoms with E-state index < -0.39 is 14.6 Å². The predicted octanol–water partition coefficient (Wildman–Crippen LogP) is 5.59. The molecule has 0 spiro atoms. The highest BCUT2D eigenvalue weighted by atomic mass is 28.4. The van der Waals surface area contributed by atoms with Crippen molar-refractivity contribution in [2.24, 2.45) is 0 Å². The van der Waals surface area contributed by atoms with Crippen LogP contribution in [-0.2, 0) is 23.4 Å². The molecule has 2 unspecified atom stereocenters. The summed E-state index contributed by atoms with van der Waals surface area (Å²) in [6, 6.07) is 0. The van der Waals surface area contributed by atoms with Crippen molar-refractivity contribution in [3.63, 3.8) is 0 Å². The van der Waals surface area contributed by atoms with Gasteiger partial charge in [-0.2, -0.15) is 0 Å². The number of nitrogens with zero attached hydrogens (tertiary/aromatic N) is 2. The zero-order valence-electron chi connectivity index (χ0n) is 24.7. The van der Waals surface area contributed by atoms with Gasteiger partial charge in [0.15, 0.2) is 19.8 Å². The molecule has 1 aliphatic heterocycles. The first-order valence-corrected chi connectivity index (χ1v) is 16.5. The minimum Gasteiger partial charge on any atom is -0.493 e. The standard InChI is InChI=1S/C29H54N2O5Si/c1-11-23-34-28(27(33-8)26(13-3)32-7)35-24-15-19-30-17-14-18-31(22-21-30)20-16-25(12-2)36-37(9,10)29(4,5)6/h11-13,25,28H,1-3,14-24H2,4-10H3/b27-26-. The van der Waals surface area contributed by atoms with E-state index in [2.05, 4.69) is 63.4 Å². The van der Waals surface area contributed by atoms with Crippen LogP contribution in [0.3, 0.4) is 0 Å². The first-order valence-electron chi connectivity index (χ1n) is 13.6. The zero-order chi connectivity index (χ0) is 27.9. The van der Waals surface area contributed by atoms with E-state index in [1.165, 1.54) is 6.42 Å². The highest BCUT2D eigenvalue weighted by Gasteiger charge is 2.38. The fourth-order valence-corrected chi connectivity index (χ4v) is 5.32. The van der Waals surface area contributed by atoms with Crippen molar-refractivity contribution < 1.29 is 23.4 Å². The van der Waals surface area contributed by atoms with Crippen molar-refractivity contribution in [3.05, 3.63) is 49.5 Å². The molecule has 37 heavy (non-hydrogen) atoms. The van der Waals surface area contributed by atoms with Crippen molar-refractivity contribution in [1.82, 2.24) is 9.80 Å². The van der Waals surface area contributed by atoms with Crippen LogP contribution in [0.25, 0.3) is 0 Å². The summed E-state index contributed by atoms with van der Waals surface area (Å²) in [7, 11) is 1.35. The molecule has 1 heterocycles. The molecule has 214 valence electrons. The highest BCUT2D eigenvalue weighted by Crippen LogP contribution is 2.37. The van der Waals surface area contributed by atoms with Crippen LogP contribution in [0.15, 0.2) is 49.5 Å². The maximum Gasteiger partial charge on any atom is 0.220 e. The second kappa shape index (κ2) is 17.2. The molecule has 0 radical (unpaired) electrons. The van der Waals surface area contributed by atoms with Gasteiger partial charge in [0.05, 0.1) is 33.5 Å². The minimum absolute atomic E-state index is 0.124. The molecule has 7 nitrogen and oxygen atoms in total. The quantitative estimate of drug-likeness (QED) is 0.0563. The van der Waals surface area contributed by atoms with Gasteiger partial charge in [-0.15, -0.1) is 13.2 Å². The summed E-state index contributed by atoms with van der Waals surface area (Å²) in [4.78, 5) is 5.09. The number of methoxy groups -OCH3 is 2. The summed E-state index contributed by atoms with van der Waals surface area (Å²) < 4.78 is 29.2. The van der Waals surface area contributed by atoms with E-state index in [4.69, 9.17) is 23.4 Å². The van der Waals surface area contributed by atoms with Crippen LogP contribution in [0.2, 0.25) is 18.1 Å². The van der Waals surface area contributed by atoms with Crippen LogP contribution in [0, 0.1) is 0 Å². The van der Waals surface area contributed by atoms with Gasteiger partial charge in [0, 0.05) is 26.2 Å². The molecule has 0 saturated carbocycles. The molecule has 1 rings (SSSR count). The van der Waals surface area contributed by atoms with Crippen molar-refractivity contribution in [1.29, 1.82) is 0 Å². The average Bonchev–Trinajstić information content (AvgIpc) is 3.09. The number of rotatable bonds is 18. The smallest absolute Gasteiger partial charge is 0.220 e. The topological polar surface area (TPSA) is 52.6 Å². The van der Waals surface area contributed by atoms with Crippen molar-refractivity contribution >= 4 is 8.32 Å². The third kappa shape index (κ3) is 11.9. The van der Waals surface area contributed by atoms with Gasteiger partial charge in [-0.25, -0.2) is 0 Å². The molecule has 0 aromatic heterocycles. The first kappa shape index (κ1) is 33.6. The Morgan fingerprint density at radius 2 is 1.59 bits per heavy atom. The van der Waals surface area contributed by atoms with Gasteiger partial charge in [-0.1, -0.05) is 39.5 Å². The third-order valence-corrected chi connectivity index (χ3v) is 11.8. The van der Waals surface area contributed by atoms with Crippen LogP contribution >= 0.6 is 0 Å². The summed E-state index contributed by atoms with van der Waals surface area (Å²) in [6.45, 7) is 30.3. The van der Waals surface area contributed by atoms with Crippen LogP contribution in [0.5, 0.6) is 0 Å². The first-order chi connectivity index (χ1) is 17.5. The van der Waals surface area contributed by atoms with Gasteiger partial charge in [-0.05, 0) is 56.6 Å². The van der Waals surface area contributed by atoms with E-state index >= 15 is 0 Å². The van der Waals surface area contributed by atoms with Crippen LogP contribution in [-0.4, -0.2) is 97.2 Å². The maximum absolute atomic E-state index is 6.59. The molecule has 1 saturated heterocycles. The molecular formula is C29H54N2O5Si. The lowest BCUT2D eigenvalue weighted by Gasteiger charge is -2.39. The van der Waals surface area contributed by atoms with Crippen molar-refractivity contribution in [3.8, 4) is 0 Å². The van der Waals surface area contributed by atoms with Crippen molar-refractivity contribution in [2.45, 2.75) is 70.6 Å². The van der Waals surface area contributed by atoms with E-state index in [1.54, 1.807) is 26.4 Å². The molecule has 1 fully saturated rings. The Hall–Kier alpha value is -1.42. The largest absolute Gasteiger partial charge is 0.493 e. The zero-order valence-corrected chi connectivity index (χ0v) is 25.7. The van der Waals surface area contributed by atoms with E-state index in [0.717, 1.165) is 52.1 Å². The molecule has 1 aliphatic rings. The Morgan fingerprint density at radius 3 is 2.11 bits per heavy atom. The number of ether oxygens (including phenoxy) is 4. The van der Waals surface area contributed by atoms with Gasteiger partial charge in [0.2, 0.25) is 6.29 Å². The Bertz CT molecular complexity index is 720. The predicted molar refractivity (Wildman–Crippen MR) is 156 cm³/mol. The lowest BCUT2D eigenvalue weighted by atomic mass is 10.2. The molecule has 0 bridgehead atoms. The van der Waals surface area contributed by atoms with Gasteiger partial charge >= 0.3 is 0 Å². The highest BCUT2D eigenvalue weighted by molar-refractivity contribution is 6.74. The molecule has 0 aliphatic carbocycles. The number of hydrogen-bond acceptors (Lipinski definition) is 7. The minimum atomic E-state index is -1.80. The van der Waals surface area contributed by atoms with E-state index in [0.29, 0.717) is 24.7 Å². The second-order valence-electron chi connectivity index (χ2n) is 11.0. The number of hydrogen-bond donors (Lipinski definition) is 0. The SMILES string of the molecule is C=CCOC(OCCCN1CCCN(CCC(C=C)O[Si](C)(C)C(C)(C)C)CC1)/C(OC)=C(\C=C)OC. The molecule has 0 aromatic carbocycles. The maximum atomic E-state index is 6.59. The van der Waals surface area contributed by atoms with E-state index in [9.17, 15) is 0 Å². The van der Waals surface area contributed by atoms with Gasteiger partial charge in [-0.3, -0.25) is 0 Å². The summed E-state index contributed by atoms with van der Waals surface area (Å²) in [6.07, 6.45) is 7.79. The molecule has 0 N–H and O–H groups in total. The molecule has 2 atom stereocenters. The van der Waals surface area contributed by atoms with E-state index in [1.807, 2.05) is 6.08 Å². The fraction of sp³-hybridized carbons (Fsp3) is 0.724. The van der Waals surface area contributed by atoms with Crippen LogP contribution in [0.1, 0.15) is 40.0 Å². The number of allylic oxidation sites excluding steroid dienone is 1. The Balaban J connectivity index is 2.50. The summed E-state index contributed by atoms with van der Waals surface area (Å²) >= 11 is 0. The molecule has 8 heteroatoms. The normalized spacial score (nSPS) is 18.4. The van der Waals surface area contributed by atoms with E-state index in [-0.39, 0.29) is 11.1 Å². The fourth-order valence-electron chi connectivity index (χ4n) is 3.99. The van der Waals surface area contributed by atoms with Gasteiger partial charge < -0.3 is 33.2 Å². The monoisotopic (exact) mass is 538 g/mol. The molecular weight excluding hydrogens is 484 g/mol. The summed E-state index contributed by atoms with van der Waals surface area (Å²) in [5.41, 5.74) is 0.